The summed E-state index contributed by atoms with van der Waals surface area (Å²) in [5, 5.41) is 15.4. The lowest BCUT2D eigenvalue weighted by Gasteiger charge is -2.30. The van der Waals surface area contributed by atoms with Gasteiger partial charge in [0.25, 0.3) is 0 Å². The van der Waals surface area contributed by atoms with E-state index in [1.54, 1.807) is 18.1 Å². The summed E-state index contributed by atoms with van der Waals surface area (Å²) < 4.78 is 10.3. The number of aromatic nitrogens is 2. The van der Waals surface area contributed by atoms with Gasteiger partial charge >= 0.3 is 6.03 Å². The van der Waals surface area contributed by atoms with Crippen molar-refractivity contribution in [2.24, 2.45) is 0 Å². The Morgan fingerprint density at radius 2 is 2.22 bits per heavy atom. The molecule has 2 aliphatic rings. The molecule has 2 aromatic heterocycles. The number of rotatable bonds is 8. The van der Waals surface area contributed by atoms with Crippen LogP contribution in [0.1, 0.15) is 40.5 Å². The van der Waals surface area contributed by atoms with Gasteiger partial charge in [0, 0.05) is 50.6 Å². The Labute approximate surface area is 214 Å². The van der Waals surface area contributed by atoms with Crippen LogP contribution in [0.3, 0.4) is 0 Å². The van der Waals surface area contributed by atoms with E-state index in [0.29, 0.717) is 68.1 Å². The number of anilines is 3. The number of morpholine rings is 1. The molecule has 1 fully saturated rings. The first-order valence-electron chi connectivity index (χ1n) is 12.0. The Morgan fingerprint density at radius 1 is 1.38 bits per heavy atom. The number of carbonyl (C=O) groups excluding carboxylic acids is 3. The van der Waals surface area contributed by atoms with Crippen LogP contribution in [0.15, 0.2) is 18.3 Å². The number of aldehydes is 1. The lowest BCUT2D eigenvalue weighted by molar-refractivity contribution is -0.143. The predicted octanol–water partition coefficient (Wildman–Crippen LogP) is 1.95. The molecule has 2 N–H and O–H groups in total. The topological polar surface area (TPSA) is 150 Å². The van der Waals surface area contributed by atoms with Crippen LogP contribution < -0.4 is 15.5 Å². The van der Waals surface area contributed by atoms with Crippen LogP contribution in [-0.2, 0) is 27.2 Å². The van der Waals surface area contributed by atoms with Crippen molar-refractivity contribution in [2.45, 2.75) is 32.4 Å². The zero-order chi connectivity index (χ0) is 26.4. The molecule has 12 nitrogen and oxygen atoms in total. The molecular weight excluding hydrogens is 478 g/mol. The molecule has 0 radical (unpaired) electrons. The van der Waals surface area contributed by atoms with Crippen molar-refractivity contribution in [1.82, 2.24) is 14.9 Å². The van der Waals surface area contributed by atoms with Crippen molar-refractivity contribution >= 4 is 35.5 Å². The Bertz CT molecular complexity index is 1230. The summed E-state index contributed by atoms with van der Waals surface area (Å²) in [7, 11) is 1.59. The largest absolute Gasteiger partial charge is 0.383 e. The maximum absolute atomic E-state index is 13.2. The summed E-state index contributed by atoms with van der Waals surface area (Å²) in [5.41, 5.74) is 2.52. The van der Waals surface area contributed by atoms with Gasteiger partial charge in [-0.05, 0) is 31.4 Å². The lowest BCUT2D eigenvalue weighted by Crippen LogP contribution is -2.42. The SMILES string of the molecule is COC[C@@H](C)Nc1cc(NC(=O)N2CCCc3cc(CN4CCOCC4=O)c(C=O)nc32)ncc1C#N. The Balaban J connectivity index is 1.55. The molecule has 0 saturated carbocycles. The number of pyridine rings is 2. The van der Waals surface area contributed by atoms with Crippen LogP contribution in [0.2, 0.25) is 0 Å². The van der Waals surface area contributed by atoms with Crippen LogP contribution in [0.4, 0.5) is 22.1 Å². The van der Waals surface area contributed by atoms with Crippen LogP contribution >= 0.6 is 0 Å². The fraction of sp³-hybridized carbons (Fsp3) is 0.440. The van der Waals surface area contributed by atoms with E-state index >= 15 is 0 Å². The molecule has 0 bridgehead atoms. The number of methoxy groups -OCH3 is 1. The summed E-state index contributed by atoms with van der Waals surface area (Å²) in [6, 6.07) is 5.02. The third-order valence-corrected chi connectivity index (χ3v) is 6.15. The highest BCUT2D eigenvalue weighted by Crippen LogP contribution is 2.29. The summed E-state index contributed by atoms with van der Waals surface area (Å²) >= 11 is 0. The summed E-state index contributed by atoms with van der Waals surface area (Å²) in [6.45, 7) is 3.93. The number of carbonyl (C=O) groups is 3. The first-order chi connectivity index (χ1) is 17.9. The fourth-order valence-electron chi connectivity index (χ4n) is 4.37. The summed E-state index contributed by atoms with van der Waals surface area (Å²) in [6.07, 6.45) is 3.44. The zero-order valence-corrected chi connectivity index (χ0v) is 20.8. The second-order valence-corrected chi connectivity index (χ2v) is 8.91. The molecule has 1 saturated heterocycles. The Morgan fingerprint density at radius 3 is 2.95 bits per heavy atom. The number of nitrogens with one attached hydrogen (secondary N) is 2. The molecule has 37 heavy (non-hydrogen) atoms. The van der Waals surface area contributed by atoms with Crippen molar-refractivity contribution in [1.29, 1.82) is 5.26 Å². The van der Waals surface area contributed by atoms with E-state index in [1.807, 2.05) is 13.0 Å². The van der Waals surface area contributed by atoms with Crippen molar-refractivity contribution in [3.05, 3.63) is 40.7 Å². The van der Waals surface area contributed by atoms with Crippen molar-refractivity contribution in [3.8, 4) is 6.07 Å². The monoisotopic (exact) mass is 507 g/mol. The van der Waals surface area contributed by atoms with Crippen molar-refractivity contribution in [3.63, 3.8) is 0 Å². The molecule has 3 amide bonds. The molecular formula is C25H29N7O5. The van der Waals surface area contributed by atoms with Gasteiger partial charge in [-0.1, -0.05) is 0 Å². The molecule has 2 aliphatic heterocycles. The maximum atomic E-state index is 13.2. The standard InChI is InChI=1S/C25H29N7O5/c1-16(14-36-2)28-20-9-22(27-11-19(20)10-26)30-25(35)32-5-3-4-17-8-18(21(13-33)29-24(17)32)12-31-6-7-37-15-23(31)34/h8-9,11,13,16H,3-7,12,14-15H2,1-2H3,(H2,27,28,30,35)/t16-/m1/s1. The number of ether oxygens (including phenoxy) is 2. The van der Waals surface area contributed by atoms with Crippen LogP contribution in [0.25, 0.3) is 0 Å². The maximum Gasteiger partial charge on any atom is 0.328 e. The number of hydrogen-bond donors (Lipinski definition) is 2. The predicted molar refractivity (Wildman–Crippen MR) is 134 cm³/mol. The summed E-state index contributed by atoms with van der Waals surface area (Å²) in [4.78, 5) is 49.1. The number of fused-ring (bicyclic) bond motifs is 1. The molecule has 194 valence electrons. The second-order valence-electron chi connectivity index (χ2n) is 8.91. The number of aryl methyl sites for hydroxylation is 1. The van der Waals surface area contributed by atoms with E-state index in [4.69, 9.17) is 9.47 Å². The number of amides is 3. The minimum Gasteiger partial charge on any atom is -0.383 e. The van der Waals surface area contributed by atoms with Gasteiger partial charge in [0.2, 0.25) is 5.91 Å². The summed E-state index contributed by atoms with van der Waals surface area (Å²) in [5.74, 6) is 0.534. The minimum absolute atomic E-state index is 0.0225. The van der Waals surface area contributed by atoms with Crippen LogP contribution in [-0.4, -0.2) is 79.2 Å². The quantitative estimate of drug-likeness (QED) is 0.511. The van der Waals surface area contributed by atoms with E-state index in [2.05, 4.69) is 26.7 Å². The Hall–Kier alpha value is -4.08. The smallest absolute Gasteiger partial charge is 0.328 e. The molecule has 12 heteroatoms. The van der Waals surface area contributed by atoms with E-state index < -0.39 is 6.03 Å². The average molecular weight is 508 g/mol. The minimum atomic E-state index is -0.450. The first kappa shape index (κ1) is 26.0. The van der Waals surface area contributed by atoms with E-state index in [0.717, 1.165) is 5.56 Å². The number of hydrogen-bond acceptors (Lipinski definition) is 9. The number of nitrogens with zero attached hydrogens (tertiary/aromatic N) is 5. The third kappa shape index (κ3) is 6.02. The highest BCUT2D eigenvalue weighted by molar-refractivity contribution is 6.02. The van der Waals surface area contributed by atoms with E-state index in [9.17, 15) is 19.6 Å². The van der Waals surface area contributed by atoms with Gasteiger partial charge < -0.3 is 19.7 Å². The van der Waals surface area contributed by atoms with Gasteiger partial charge in [0.1, 0.15) is 30.0 Å². The van der Waals surface area contributed by atoms with Gasteiger partial charge in [-0.15, -0.1) is 0 Å². The Kier molecular flexibility index (Phi) is 8.27. The van der Waals surface area contributed by atoms with Gasteiger partial charge in [-0.3, -0.25) is 19.8 Å². The normalized spacial score (nSPS) is 16.0. The van der Waals surface area contributed by atoms with E-state index in [-0.39, 0.29) is 36.6 Å². The second kappa shape index (κ2) is 11.8. The number of urea groups is 1. The lowest BCUT2D eigenvalue weighted by atomic mass is 10.0. The van der Waals surface area contributed by atoms with Crippen LogP contribution in [0, 0.1) is 11.3 Å². The van der Waals surface area contributed by atoms with Crippen molar-refractivity contribution < 1.29 is 23.9 Å². The van der Waals surface area contributed by atoms with Gasteiger partial charge in [-0.2, -0.15) is 5.26 Å². The molecule has 1 atom stereocenters. The highest BCUT2D eigenvalue weighted by Gasteiger charge is 2.28. The molecule has 0 spiro atoms. The first-order valence-corrected chi connectivity index (χ1v) is 12.0. The van der Waals surface area contributed by atoms with Gasteiger partial charge in [0.15, 0.2) is 6.29 Å². The van der Waals surface area contributed by atoms with Gasteiger partial charge in [0.05, 0.1) is 24.5 Å². The molecule has 4 heterocycles. The van der Waals surface area contributed by atoms with E-state index in [1.165, 1.54) is 11.1 Å². The zero-order valence-electron chi connectivity index (χ0n) is 20.8. The van der Waals surface area contributed by atoms with Gasteiger partial charge in [-0.25, -0.2) is 14.8 Å². The molecule has 0 aliphatic carbocycles. The molecule has 0 unspecified atom stereocenters. The molecule has 4 rings (SSSR count). The number of nitriles is 1. The molecule has 2 aromatic rings. The fourth-order valence-corrected chi connectivity index (χ4v) is 4.37. The van der Waals surface area contributed by atoms with Crippen LogP contribution in [0.5, 0.6) is 0 Å². The average Bonchev–Trinajstić information content (AvgIpc) is 2.89. The third-order valence-electron chi connectivity index (χ3n) is 6.15. The molecule has 0 aromatic carbocycles. The van der Waals surface area contributed by atoms with Crippen molar-refractivity contribution in [2.75, 3.05) is 55.6 Å². The highest BCUT2D eigenvalue weighted by atomic mass is 16.5.